The van der Waals surface area contributed by atoms with E-state index in [9.17, 15) is 4.79 Å². The molecule has 0 bridgehead atoms. The van der Waals surface area contributed by atoms with Gasteiger partial charge in [0.05, 0.1) is 0 Å². The van der Waals surface area contributed by atoms with E-state index >= 15 is 0 Å². The predicted octanol–water partition coefficient (Wildman–Crippen LogP) is 4.88. The lowest BCUT2D eigenvalue weighted by atomic mass is 9.76. The highest BCUT2D eigenvalue weighted by Gasteiger charge is 2.26. The first-order valence-corrected chi connectivity index (χ1v) is 7.58. The zero-order valence-corrected chi connectivity index (χ0v) is 11.7. The van der Waals surface area contributed by atoms with Gasteiger partial charge in [-0.05, 0) is 55.1 Å². The van der Waals surface area contributed by atoms with Gasteiger partial charge in [-0.2, -0.15) is 0 Å². The third-order valence-corrected chi connectivity index (χ3v) is 4.72. The summed E-state index contributed by atoms with van der Waals surface area (Å²) in [6.07, 6.45) is 9.16. The van der Waals surface area contributed by atoms with Gasteiger partial charge in [-0.1, -0.05) is 43.7 Å². The Hall–Kier alpha value is -1.37. The van der Waals surface area contributed by atoms with E-state index in [0.717, 1.165) is 36.3 Å². The summed E-state index contributed by atoms with van der Waals surface area (Å²) in [7, 11) is 0. The molecule has 0 N–H and O–H groups in total. The highest BCUT2D eigenvalue weighted by atomic mass is 16.1. The van der Waals surface area contributed by atoms with Gasteiger partial charge in [0.15, 0.2) is 5.78 Å². The van der Waals surface area contributed by atoms with Crippen molar-refractivity contribution < 1.29 is 4.79 Å². The third-order valence-electron chi connectivity index (χ3n) is 4.72. The number of Topliss-reactive ketones (excluding diaryl/α,β-unsaturated/α-hetero) is 1. The van der Waals surface area contributed by atoms with E-state index in [1.165, 1.54) is 24.8 Å². The van der Waals surface area contributed by atoms with E-state index in [0.29, 0.717) is 5.92 Å². The molecule has 2 aliphatic rings. The van der Waals surface area contributed by atoms with Crippen LogP contribution in [0.3, 0.4) is 0 Å². The zero-order chi connectivity index (χ0) is 13.2. The average Bonchev–Trinajstić information content (AvgIpc) is 2.37. The SMILES string of the molecule is CC1CC=C(C(=O)c2ccccc2C2CCC2)CC1. The van der Waals surface area contributed by atoms with Crippen molar-refractivity contribution in [3.8, 4) is 0 Å². The van der Waals surface area contributed by atoms with Crippen molar-refractivity contribution in [3.63, 3.8) is 0 Å². The van der Waals surface area contributed by atoms with Gasteiger partial charge in [0.25, 0.3) is 0 Å². The van der Waals surface area contributed by atoms with Crippen molar-refractivity contribution in [1.82, 2.24) is 0 Å². The smallest absolute Gasteiger partial charge is 0.188 e. The number of hydrogen-bond acceptors (Lipinski definition) is 1. The summed E-state index contributed by atoms with van der Waals surface area (Å²) < 4.78 is 0. The summed E-state index contributed by atoms with van der Waals surface area (Å²) in [6.45, 7) is 2.26. The predicted molar refractivity (Wildman–Crippen MR) is 78.5 cm³/mol. The van der Waals surface area contributed by atoms with E-state index in [2.05, 4.69) is 25.1 Å². The maximum absolute atomic E-state index is 12.7. The van der Waals surface area contributed by atoms with Crippen molar-refractivity contribution >= 4 is 5.78 Å². The Labute approximate surface area is 115 Å². The highest BCUT2D eigenvalue weighted by Crippen LogP contribution is 2.39. The minimum absolute atomic E-state index is 0.286. The van der Waals surface area contributed by atoms with Crippen LogP contribution >= 0.6 is 0 Å². The Morgan fingerprint density at radius 1 is 1.16 bits per heavy atom. The number of benzene rings is 1. The van der Waals surface area contributed by atoms with Crippen LogP contribution in [0.25, 0.3) is 0 Å². The Balaban J connectivity index is 1.87. The Morgan fingerprint density at radius 2 is 1.95 bits per heavy atom. The van der Waals surface area contributed by atoms with Gasteiger partial charge < -0.3 is 0 Å². The molecule has 0 aromatic heterocycles. The van der Waals surface area contributed by atoms with Gasteiger partial charge in [-0.15, -0.1) is 0 Å². The molecule has 0 amide bonds. The first-order chi connectivity index (χ1) is 9.25. The van der Waals surface area contributed by atoms with Crippen LogP contribution in [0.15, 0.2) is 35.9 Å². The first kappa shape index (κ1) is 12.7. The molecule has 1 atom stereocenters. The van der Waals surface area contributed by atoms with Crippen LogP contribution in [0.4, 0.5) is 0 Å². The molecule has 0 heterocycles. The lowest BCUT2D eigenvalue weighted by molar-refractivity contribution is 0.102. The number of allylic oxidation sites excluding steroid dienone is 2. The first-order valence-electron chi connectivity index (χ1n) is 7.58. The molecule has 1 fully saturated rings. The minimum Gasteiger partial charge on any atom is -0.289 e. The minimum atomic E-state index is 0.286. The fourth-order valence-electron chi connectivity index (χ4n) is 3.12. The number of ketones is 1. The van der Waals surface area contributed by atoms with Gasteiger partial charge in [0.2, 0.25) is 0 Å². The molecule has 1 aromatic rings. The summed E-state index contributed by atoms with van der Waals surface area (Å²) in [4.78, 5) is 12.7. The second-order valence-corrected chi connectivity index (χ2v) is 6.15. The summed E-state index contributed by atoms with van der Waals surface area (Å²) >= 11 is 0. The molecule has 1 nitrogen and oxygen atoms in total. The lowest BCUT2D eigenvalue weighted by Gasteiger charge is -2.28. The van der Waals surface area contributed by atoms with Crippen LogP contribution in [0, 0.1) is 5.92 Å². The van der Waals surface area contributed by atoms with Gasteiger partial charge in [-0.3, -0.25) is 4.79 Å². The summed E-state index contributed by atoms with van der Waals surface area (Å²) in [5, 5.41) is 0. The quantitative estimate of drug-likeness (QED) is 0.702. The van der Waals surface area contributed by atoms with Crippen molar-refractivity contribution in [3.05, 3.63) is 47.0 Å². The number of hydrogen-bond donors (Lipinski definition) is 0. The largest absolute Gasteiger partial charge is 0.289 e. The van der Waals surface area contributed by atoms with Crippen molar-refractivity contribution in [1.29, 1.82) is 0 Å². The molecule has 1 heteroatoms. The van der Waals surface area contributed by atoms with Gasteiger partial charge in [0, 0.05) is 5.56 Å². The molecule has 19 heavy (non-hydrogen) atoms. The maximum Gasteiger partial charge on any atom is 0.188 e. The van der Waals surface area contributed by atoms with Crippen LogP contribution < -0.4 is 0 Å². The topological polar surface area (TPSA) is 17.1 Å². The van der Waals surface area contributed by atoms with Crippen molar-refractivity contribution in [2.45, 2.75) is 51.4 Å². The molecule has 100 valence electrons. The van der Waals surface area contributed by atoms with Crippen LogP contribution in [-0.4, -0.2) is 5.78 Å². The van der Waals surface area contributed by atoms with E-state index in [1.807, 2.05) is 12.1 Å². The molecular weight excluding hydrogens is 232 g/mol. The van der Waals surface area contributed by atoms with E-state index in [-0.39, 0.29) is 5.78 Å². The molecule has 0 aliphatic heterocycles. The van der Waals surface area contributed by atoms with Crippen molar-refractivity contribution in [2.24, 2.45) is 5.92 Å². The third kappa shape index (κ3) is 2.51. The van der Waals surface area contributed by atoms with Crippen LogP contribution in [-0.2, 0) is 0 Å². The van der Waals surface area contributed by atoms with Gasteiger partial charge >= 0.3 is 0 Å². The van der Waals surface area contributed by atoms with Crippen LogP contribution in [0.2, 0.25) is 0 Å². The van der Waals surface area contributed by atoms with Crippen molar-refractivity contribution in [2.75, 3.05) is 0 Å². The molecule has 0 spiro atoms. The Morgan fingerprint density at radius 3 is 2.58 bits per heavy atom. The monoisotopic (exact) mass is 254 g/mol. The van der Waals surface area contributed by atoms with E-state index in [4.69, 9.17) is 0 Å². The standard InChI is InChI=1S/C18H22O/c1-13-9-11-15(12-10-13)18(19)17-8-3-2-7-16(17)14-5-4-6-14/h2-3,7-8,11,13-14H,4-6,9-10,12H2,1H3. The number of carbonyl (C=O) groups is 1. The summed E-state index contributed by atoms with van der Waals surface area (Å²) in [5.74, 6) is 1.65. The van der Waals surface area contributed by atoms with E-state index < -0.39 is 0 Å². The zero-order valence-electron chi connectivity index (χ0n) is 11.7. The highest BCUT2D eigenvalue weighted by molar-refractivity contribution is 6.09. The number of rotatable bonds is 3. The Bertz CT molecular complexity index is 508. The maximum atomic E-state index is 12.7. The van der Waals surface area contributed by atoms with E-state index in [1.54, 1.807) is 0 Å². The fourth-order valence-corrected chi connectivity index (χ4v) is 3.12. The molecule has 1 saturated carbocycles. The normalized spacial score (nSPS) is 23.6. The lowest BCUT2D eigenvalue weighted by Crippen LogP contribution is -2.16. The molecule has 2 aliphatic carbocycles. The fraction of sp³-hybridized carbons (Fsp3) is 0.500. The summed E-state index contributed by atoms with van der Waals surface area (Å²) in [6, 6.07) is 8.25. The molecule has 3 rings (SSSR count). The number of carbonyl (C=O) groups excluding carboxylic acids is 1. The van der Waals surface area contributed by atoms with Gasteiger partial charge in [-0.25, -0.2) is 0 Å². The molecular formula is C18H22O. The molecule has 0 radical (unpaired) electrons. The second-order valence-electron chi connectivity index (χ2n) is 6.15. The Kier molecular flexibility index (Phi) is 3.54. The van der Waals surface area contributed by atoms with Crippen LogP contribution in [0.5, 0.6) is 0 Å². The van der Waals surface area contributed by atoms with Gasteiger partial charge in [0.1, 0.15) is 0 Å². The van der Waals surface area contributed by atoms with Crippen LogP contribution in [0.1, 0.15) is 67.3 Å². The molecule has 1 aromatic carbocycles. The average molecular weight is 254 g/mol. The molecule has 0 saturated heterocycles. The molecule has 1 unspecified atom stereocenters. The second kappa shape index (κ2) is 5.32. The summed E-state index contributed by atoms with van der Waals surface area (Å²) in [5.41, 5.74) is 3.30.